The zero-order valence-corrected chi connectivity index (χ0v) is 10.9. The van der Waals surface area contributed by atoms with Gasteiger partial charge in [-0.1, -0.05) is 0 Å². The maximum atomic E-state index is 12.1. The first-order valence-corrected chi connectivity index (χ1v) is 6.70. The summed E-state index contributed by atoms with van der Waals surface area (Å²) in [5, 5.41) is 1.28. The molecule has 0 aromatic carbocycles. The molecule has 1 saturated heterocycles. The van der Waals surface area contributed by atoms with Crippen LogP contribution in [0.3, 0.4) is 0 Å². The zero-order chi connectivity index (χ0) is 13.4. The second-order valence-corrected chi connectivity index (χ2v) is 6.81. The minimum Gasteiger partial charge on any atom is -0.329 e. The molecule has 0 aliphatic carbocycles. The van der Waals surface area contributed by atoms with Gasteiger partial charge in [0.15, 0.2) is 0 Å². The van der Waals surface area contributed by atoms with Gasteiger partial charge in [0, 0.05) is 6.54 Å². The Labute approximate surface area is 100 Å². The molecule has 1 aliphatic heterocycles. The Balaban J connectivity index is 3.19. The largest absolute Gasteiger partial charge is 0.329 e. The van der Waals surface area contributed by atoms with Gasteiger partial charge in [-0.3, -0.25) is 14.9 Å². The normalized spacial score (nSPS) is 23.3. The van der Waals surface area contributed by atoms with E-state index in [1.807, 2.05) is 0 Å². The van der Waals surface area contributed by atoms with Gasteiger partial charge in [-0.05, 0) is 20.8 Å². The van der Waals surface area contributed by atoms with Gasteiger partial charge in [0.25, 0.3) is 0 Å². The lowest BCUT2D eigenvalue weighted by Gasteiger charge is -2.40. The maximum absolute atomic E-state index is 12.1. The van der Waals surface area contributed by atoms with Crippen molar-refractivity contribution in [2.45, 2.75) is 31.6 Å². The summed E-state index contributed by atoms with van der Waals surface area (Å²) in [6.07, 6.45) is 0. The van der Waals surface area contributed by atoms with Crippen molar-refractivity contribution in [1.82, 2.24) is 9.62 Å². The number of rotatable bonds is 3. The molecule has 1 atom stereocenters. The molecule has 0 spiro atoms. The van der Waals surface area contributed by atoms with E-state index in [9.17, 15) is 18.0 Å². The minimum absolute atomic E-state index is 0.0648. The first-order valence-electron chi connectivity index (χ1n) is 5.20. The predicted octanol–water partition coefficient (Wildman–Crippen LogP) is -1.60. The van der Waals surface area contributed by atoms with Crippen LogP contribution >= 0.6 is 0 Å². The van der Waals surface area contributed by atoms with Crippen LogP contribution in [0.5, 0.6) is 0 Å². The van der Waals surface area contributed by atoms with Crippen molar-refractivity contribution in [1.29, 1.82) is 0 Å². The van der Waals surface area contributed by atoms with Crippen LogP contribution in [0.15, 0.2) is 0 Å². The Bertz CT molecular complexity index is 443. The highest BCUT2D eigenvalue weighted by Gasteiger charge is 2.48. The molecule has 1 fully saturated rings. The Hall–Kier alpha value is -0.990. The van der Waals surface area contributed by atoms with Gasteiger partial charge in [-0.25, -0.2) is 8.42 Å². The summed E-state index contributed by atoms with van der Waals surface area (Å²) >= 11 is 0. The molecule has 0 radical (unpaired) electrons. The van der Waals surface area contributed by atoms with Gasteiger partial charge < -0.3 is 5.73 Å². The van der Waals surface area contributed by atoms with E-state index in [1.54, 1.807) is 0 Å². The van der Waals surface area contributed by atoms with Crippen LogP contribution < -0.4 is 11.1 Å². The van der Waals surface area contributed by atoms with Crippen molar-refractivity contribution < 1.29 is 18.0 Å². The van der Waals surface area contributed by atoms with Crippen LogP contribution in [0.4, 0.5) is 0 Å². The van der Waals surface area contributed by atoms with E-state index in [0.717, 1.165) is 4.31 Å². The van der Waals surface area contributed by atoms with E-state index in [4.69, 9.17) is 5.73 Å². The zero-order valence-electron chi connectivity index (χ0n) is 10.1. The standard InChI is InChI=1S/C9H17N3O4S/c1-6(4-10)17(15,16)12-5-7(13)11-8(14)9(12,2)3/h6H,4-5,10H2,1-3H3,(H,11,13,14). The monoisotopic (exact) mass is 263 g/mol. The molecule has 0 bridgehead atoms. The summed E-state index contributed by atoms with van der Waals surface area (Å²) in [6, 6.07) is 0. The average molecular weight is 263 g/mol. The van der Waals surface area contributed by atoms with Crippen molar-refractivity contribution >= 4 is 21.8 Å². The molecule has 8 heteroatoms. The fourth-order valence-electron chi connectivity index (χ4n) is 1.51. The lowest BCUT2D eigenvalue weighted by Crippen LogP contribution is -2.66. The van der Waals surface area contributed by atoms with Gasteiger partial charge in [0.1, 0.15) is 5.54 Å². The average Bonchev–Trinajstić information content (AvgIpc) is 2.22. The Kier molecular flexibility index (Phi) is 3.60. The smallest absolute Gasteiger partial charge is 0.247 e. The van der Waals surface area contributed by atoms with Gasteiger partial charge in [-0.15, -0.1) is 0 Å². The van der Waals surface area contributed by atoms with Crippen molar-refractivity contribution in [3.8, 4) is 0 Å². The van der Waals surface area contributed by atoms with E-state index >= 15 is 0 Å². The first-order chi connectivity index (χ1) is 7.64. The predicted molar refractivity (Wildman–Crippen MR) is 61.4 cm³/mol. The van der Waals surface area contributed by atoms with Crippen molar-refractivity contribution in [2.24, 2.45) is 5.73 Å². The van der Waals surface area contributed by atoms with Crippen LogP contribution in [-0.4, -0.2) is 48.4 Å². The topological polar surface area (TPSA) is 110 Å². The summed E-state index contributed by atoms with van der Waals surface area (Å²) in [7, 11) is -3.76. The summed E-state index contributed by atoms with van der Waals surface area (Å²) < 4.78 is 25.2. The third kappa shape index (κ3) is 2.33. The van der Waals surface area contributed by atoms with Crippen LogP contribution in [0.2, 0.25) is 0 Å². The summed E-state index contributed by atoms with van der Waals surface area (Å²) in [4.78, 5) is 22.9. The molecule has 98 valence electrons. The van der Waals surface area contributed by atoms with Gasteiger partial charge in [0.05, 0.1) is 11.8 Å². The Morgan fingerprint density at radius 3 is 2.47 bits per heavy atom. The Morgan fingerprint density at radius 2 is 2.00 bits per heavy atom. The molecule has 1 unspecified atom stereocenters. The molecule has 0 saturated carbocycles. The van der Waals surface area contributed by atoms with Gasteiger partial charge in [-0.2, -0.15) is 4.31 Å². The van der Waals surface area contributed by atoms with Crippen LogP contribution in [0, 0.1) is 0 Å². The van der Waals surface area contributed by atoms with Crippen LogP contribution in [-0.2, 0) is 19.6 Å². The number of nitrogens with zero attached hydrogens (tertiary/aromatic N) is 1. The number of amides is 2. The quantitative estimate of drug-likeness (QED) is 0.596. The van der Waals surface area contributed by atoms with Crippen molar-refractivity contribution in [3.05, 3.63) is 0 Å². The molecule has 1 rings (SSSR count). The lowest BCUT2D eigenvalue weighted by molar-refractivity contribution is -0.141. The van der Waals surface area contributed by atoms with E-state index in [2.05, 4.69) is 5.32 Å². The molecular formula is C9H17N3O4S. The highest BCUT2D eigenvalue weighted by molar-refractivity contribution is 7.89. The number of piperazine rings is 1. The molecule has 1 heterocycles. The van der Waals surface area contributed by atoms with Gasteiger partial charge in [0.2, 0.25) is 21.8 Å². The second-order valence-electron chi connectivity index (χ2n) is 4.53. The number of carbonyl (C=O) groups excluding carboxylic acids is 2. The van der Waals surface area contributed by atoms with Crippen LogP contribution in [0.1, 0.15) is 20.8 Å². The molecule has 1 aliphatic rings. The molecule has 7 nitrogen and oxygen atoms in total. The molecule has 2 amide bonds. The highest BCUT2D eigenvalue weighted by Crippen LogP contribution is 2.24. The number of nitrogens with two attached hydrogens (primary N) is 1. The van der Waals surface area contributed by atoms with E-state index in [-0.39, 0.29) is 13.1 Å². The first kappa shape index (κ1) is 14.1. The fraction of sp³-hybridized carbons (Fsp3) is 0.778. The number of hydrogen-bond acceptors (Lipinski definition) is 5. The third-order valence-corrected chi connectivity index (χ3v) is 5.28. The molecule has 17 heavy (non-hydrogen) atoms. The molecule has 0 aromatic heterocycles. The number of hydrogen-bond donors (Lipinski definition) is 2. The maximum Gasteiger partial charge on any atom is 0.247 e. The Morgan fingerprint density at radius 1 is 1.47 bits per heavy atom. The van der Waals surface area contributed by atoms with E-state index in [1.165, 1.54) is 20.8 Å². The molecule has 0 aromatic rings. The minimum atomic E-state index is -3.76. The van der Waals surface area contributed by atoms with Crippen LogP contribution in [0.25, 0.3) is 0 Å². The summed E-state index contributed by atoms with van der Waals surface area (Å²) in [6.45, 7) is 3.93. The van der Waals surface area contributed by atoms with E-state index < -0.39 is 32.6 Å². The fourth-order valence-corrected chi connectivity index (χ4v) is 3.20. The SMILES string of the molecule is CC(CN)S(=O)(=O)N1CC(=O)NC(=O)C1(C)C. The third-order valence-electron chi connectivity index (χ3n) is 2.87. The molecule has 3 N–H and O–H groups in total. The van der Waals surface area contributed by atoms with Crippen molar-refractivity contribution in [2.75, 3.05) is 13.1 Å². The van der Waals surface area contributed by atoms with Gasteiger partial charge >= 0.3 is 0 Å². The highest BCUT2D eigenvalue weighted by atomic mass is 32.2. The number of sulfonamides is 1. The lowest BCUT2D eigenvalue weighted by atomic mass is 10.0. The number of carbonyl (C=O) groups is 2. The number of nitrogens with one attached hydrogen (secondary N) is 1. The number of imide groups is 1. The summed E-state index contributed by atoms with van der Waals surface area (Å²) in [5.74, 6) is -1.25. The summed E-state index contributed by atoms with van der Waals surface area (Å²) in [5.41, 5.74) is 4.05. The van der Waals surface area contributed by atoms with E-state index in [0.29, 0.717) is 0 Å². The van der Waals surface area contributed by atoms with Crippen molar-refractivity contribution in [3.63, 3.8) is 0 Å². The molecular weight excluding hydrogens is 246 g/mol. The second kappa shape index (κ2) is 4.35.